The smallest absolute Gasteiger partial charge is 0.419 e. The summed E-state index contributed by atoms with van der Waals surface area (Å²) >= 11 is 6.10. The van der Waals surface area contributed by atoms with Crippen molar-refractivity contribution in [3.63, 3.8) is 0 Å². The summed E-state index contributed by atoms with van der Waals surface area (Å²) in [6, 6.07) is 13.3. The molecule has 0 spiro atoms. The van der Waals surface area contributed by atoms with E-state index in [4.69, 9.17) is 16.3 Å². The minimum Gasteiger partial charge on any atom is -0.449 e. The summed E-state index contributed by atoms with van der Waals surface area (Å²) in [6.07, 6.45) is -0.708. The second-order valence-corrected chi connectivity index (χ2v) is 6.23. The second kappa shape index (κ2) is 7.63. The number of ether oxygens (including phenoxy) is 1. The fourth-order valence-electron chi connectivity index (χ4n) is 2.88. The zero-order chi connectivity index (χ0) is 19.6. The van der Waals surface area contributed by atoms with Crippen LogP contribution in [0.3, 0.4) is 0 Å². The first-order valence-electron chi connectivity index (χ1n) is 8.32. The molecule has 1 aromatic heterocycles. The van der Waals surface area contributed by atoms with Crippen LogP contribution < -0.4 is 5.32 Å². The van der Waals surface area contributed by atoms with Gasteiger partial charge in [-0.15, -0.1) is 0 Å². The van der Waals surface area contributed by atoms with Crippen molar-refractivity contribution in [1.29, 1.82) is 0 Å². The Bertz CT molecular complexity index is 1040. The molecule has 1 N–H and O–H groups in total. The van der Waals surface area contributed by atoms with Crippen LogP contribution in [0.4, 0.5) is 10.5 Å². The fraction of sp³-hybridized carbons (Fsp3) is 0.150. The summed E-state index contributed by atoms with van der Waals surface area (Å²) in [4.78, 5) is 37.6. The van der Waals surface area contributed by atoms with E-state index in [1.807, 2.05) is 0 Å². The highest BCUT2D eigenvalue weighted by atomic mass is 35.5. The molecule has 1 heterocycles. The molecule has 138 valence electrons. The highest BCUT2D eigenvalue weighted by molar-refractivity contribution is 6.32. The van der Waals surface area contributed by atoms with E-state index in [1.165, 1.54) is 11.5 Å². The lowest BCUT2D eigenvalue weighted by molar-refractivity contribution is -0.114. The Morgan fingerprint density at radius 2 is 1.81 bits per heavy atom. The quantitative estimate of drug-likeness (QED) is 0.672. The molecule has 1 amide bonds. The first-order valence-corrected chi connectivity index (χ1v) is 8.70. The molecule has 7 heteroatoms. The maximum absolute atomic E-state index is 13.2. The number of aromatic nitrogens is 1. The molecule has 6 nitrogen and oxygen atoms in total. The Morgan fingerprint density at radius 1 is 1.11 bits per heavy atom. The molecule has 0 fully saturated rings. The Morgan fingerprint density at radius 3 is 2.44 bits per heavy atom. The molecular formula is C20H17ClN2O4. The molecule has 0 aliphatic carbocycles. The summed E-state index contributed by atoms with van der Waals surface area (Å²) in [5.74, 6) is -0.792. The van der Waals surface area contributed by atoms with E-state index >= 15 is 0 Å². The van der Waals surface area contributed by atoms with Crippen molar-refractivity contribution in [1.82, 2.24) is 4.57 Å². The van der Waals surface area contributed by atoms with Gasteiger partial charge >= 0.3 is 6.09 Å². The standard InChI is InChI=1S/C20H17ClN2O4/c1-3-27-20(26)23-16-10-9-14(21)11-15(16)17(22-12(2)24)18(23)19(25)13-7-5-4-6-8-13/h4-11H,3H2,1-2H3,(H,22,24). The van der Waals surface area contributed by atoms with Crippen LogP contribution in [0.1, 0.15) is 29.9 Å². The summed E-state index contributed by atoms with van der Waals surface area (Å²) in [6.45, 7) is 3.14. The van der Waals surface area contributed by atoms with Gasteiger partial charge in [0.25, 0.3) is 0 Å². The molecule has 3 aromatic rings. The molecule has 0 aliphatic heterocycles. The van der Waals surface area contributed by atoms with Crippen LogP contribution in [0, 0.1) is 0 Å². The van der Waals surface area contributed by atoms with Crippen LogP contribution in [-0.4, -0.2) is 29.0 Å². The van der Waals surface area contributed by atoms with Crippen molar-refractivity contribution in [2.45, 2.75) is 13.8 Å². The molecule has 27 heavy (non-hydrogen) atoms. The van der Waals surface area contributed by atoms with Crippen molar-refractivity contribution in [3.05, 3.63) is 64.8 Å². The van der Waals surface area contributed by atoms with E-state index in [0.717, 1.165) is 0 Å². The molecule has 0 saturated carbocycles. The van der Waals surface area contributed by atoms with E-state index in [1.54, 1.807) is 55.5 Å². The summed E-state index contributed by atoms with van der Waals surface area (Å²) in [5.41, 5.74) is 1.04. The van der Waals surface area contributed by atoms with Gasteiger partial charge in [-0.1, -0.05) is 41.9 Å². The van der Waals surface area contributed by atoms with Crippen molar-refractivity contribution >= 4 is 46.0 Å². The minimum atomic E-state index is -0.708. The SMILES string of the molecule is CCOC(=O)n1c(C(=O)c2ccccc2)c(NC(C)=O)c2cc(Cl)ccc21. The maximum atomic E-state index is 13.2. The Balaban J connectivity index is 2.36. The predicted octanol–water partition coefficient (Wildman–Crippen LogP) is 4.49. The number of hydrogen-bond acceptors (Lipinski definition) is 4. The van der Waals surface area contributed by atoms with E-state index in [9.17, 15) is 14.4 Å². The number of nitrogens with one attached hydrogen (secondary N) is 1. The molecule has 0 aliphatic rings. The Kier molecular flexibility index (Phi) is 5.28. The number of fused-ring (bicyclic) bond motifs is 1. The van der Waals surface area contributed by atoms with Crippen LogP contribution in [0.2, 0.25) is 5.02 Å². The van der Waals surface area contributed by atoms with Gasteiger partial charge in [0.15, 0.2) is 0 Å². The predicted molar refractivity (Wildman–Crippen MR) is 104 cm³/mol. The number of carbonyl (C=O) groups is 3. The third-order valence-electron chi connectivity index (χ3n) is 3.93. The van der Waals surface area contributed by atoms with Crippen molar-refractivity contribution in [3.8, 4) is 0 Å². The number of rotatable bonds is 4. The normalized spacial score (nSPS) is 10.6. The highest BCUT2D eigenvalue weighted by Gasteiger charge is 2.28. The van der Waals surface area contributed by atoms with Gasteiger partial charge in [0.05, 0.1) is 17.8 Å². The van der Waals surface area contributed by atoms with Gasteiger partial charge in [-0.3, -0.25) is 9.59 Å². The number of benzene rings is 2. The van der Waals surface area contributed by atoms with E-state index in [0.29, 0.717) is 21.5 Å². The van der Waals surface area contributed by atoms with Gasteiger partial charge in [0, 0.05) is 22.9 Å². The maximum Gasteiger partial charge on any atom is 0.419 e. The third kappa shape index (κ3) is 3.57. The first-order chi connectivity index (χ1) is 12.9. The van der Waals surface area contributed by atoms with Crippen LogP contribution in [0.25, 0.3) is 10.9 Å². The molecular weight excluding hydrogens is 368 g/mol. The first kappa shape index (κ1) is 18.7. The van der Waals surface area contributed by atoms with Gasteiger partial charge in [0.2, 0.25) is 11.7 Å². The van der Waals surface area contributed by atoms with Crippen LogP contribution >= 0.6 is 11.6 Å². The Hall–Kier alpha value is -3.12. The van der Waals surface area contributed by atoms with Gasteiger partial charge < -0.3 is 10.1 Å². The number of hydrogen-bond donors (Lipinski definition) is 1. The fourth-order valence-corrected chi connectivity index (χ4v) is 3.06. The zero-order valence-electron chi connectivity index (χ0n) is 14.8. The van der Waals surface area contributed by atoms with Crippen LogP contribution in [0.15, 0.2) is 48.5 Å². The largest absolute Gasteiger partial charge is 0.449 e. The number of anilines is 1. The van der Waals surface area contributed by atoms with Crippen molar-refractivity contribution < 1.29 is 19.1 Å². The van der Waals surface area contributed by atoms with Gasteiger partial charge in [0.1, 0.15) is 5.69 Å². The molecule has 2 aromatic carbocycles. The van der Waals surface area contributed by atoms with Gasteiger partial charge in [-0.25, -0.2) is 9.36 Å². The average molecular weight is 385 g/mol. The van der Waals surface area contributed by atoms with Crippen molar-refractivity contribution in [2.75, 3.05) is 11.9 Å². The lowest BCUT2D eigenvalue weighted by Crippen LogP contribution is -2.21. The number of ketones is 1. The lowest BCUT2D eigenvalue weighted by atomic mass is 10.1. The molecule has 0 unspecified atom stereocenters. The number of amides is 1. The molecule has 0 saturated heterocycles. The highest BCUT2D eigenvalue weighted by Crippen LogP contribution is 2.35. The monoisotopic (exact) mass is 384 g/mol. The summed E-state index contributed by atoms with van der Waals surface area (Å²) in [5, 5.41) is 3.55. The molecule has 0 atom stereocenters. The average Bonchev–Trinajstić information content (AvgIpc) is 2.95. The number of carbonyl (C=O) groups excluding carboxylic acids is 3. The lowest BCUT2D eigenvalue weighted by Gasteiger charge is -2.10. The van der Waals surface area contributed by atoms with E-state index in [-0.39, 0.29) is 23.9 Å². The van der Waals surface area contributed by atoms with E-state index < -0.39 is 11.9 Å². The van der Waals surface area contributed by atoms with Crippen LogP contribution in [0.5, 0.6) is 0 Å². The van der Waals surface area contributed by atoms with Crippen LogP contribution in [-0.2, 0) is 9.53 Å². The molecule has 0 bridgehead atoms. The zero-order valence-corrected chi connectivity index (χ0v) is 15.5. The Labute approximate surface area is 160 Å². The third-order valence-corrected chi connectivity index (χ3v) is 4.17. The second-order valence-electron chi connectivity index (χ2n) is 5.80. The molecule has 3 rings (SSSR count). The number of nitrogens with zero attached hydrogens (tertiary/aromatic N) is 1. The number of halogens is 1. The van der Waals surface area contributed by atoms with Crippen molar-refractivity contribution in [2.24, 2.45) is 0 Å². The van der Waals surface area contributed by atoms with Gasteiger partial charge in [-0.05, 0) is 25.1 Å². The summed E-state index contributed by atoms with van der Waals surface area (Å²) < 4.78 is 6.31. The summed E-state index contributed by atoms with van der Waals surface area (Å²) in [7, 11) is 0. The van der Waals surface area contributed by atoms with Gasteiger partial charge in [-0.2, -0.15) is 0 Å². The topological polar surface area (TPSA) is 77.4 Å². The minimum absolute atomic E-state index is 0.0205. The van der Waals surface area contributed by atoms with E-state index in [2.05, 4.69) is 5.32 Å². The molecule has 0 radical (unpaired) electrons.